The predicted octanol–water partition coefficient (Wildman–Crippen LogP) is 2.74. The van der Waals surface area contributed by atoms with Crippen LogP contribution in [0.4, 0.5) is 0 Å². The van der Waals surface area contributed by atoms with Gasteiger partial charge in [-0.15, -0.1) is 0 Å². The van der Waals surface area contributed by atoms with Crippen molar-refractivity contribution < 1.29 is 0 Å². The Morgan fingerprint density at radius 1 is 1.64 bits per heavy atom. The molecular weight excluding hydrogens is 134 g/mol. The molecule has 1 nitrogen and oxygen atoms in total. The summed E-state index contributed by atoms with van der Waals surface area (Å²) in [5, 5.41) is 8.37. The maximum Gasteiger partial charge on any atom is 0.0621 e. The smallest absolute Gasteiger partial charge is 0.0621 e. The van der Waals surface area contributed by atoms with Crippen molar-refractivity contribution >= 4 is 0 Å². The SMILES string of the molecule is [CH2]CC1C[CH]C(CCC#N)C1. The zero-order chi connectivity index (χ0) is 8.10. The van der Waals surface area contributed by atoms with E-state index in [9.17, 15) is 0 Å². The molecule has 0 aliphatic heterocycles. The van der Waals surface area contributed by atoms with E-state index in [0.717, 1.165) is 18.8 Å². The second kappa shape index (κ2) is 4.38. The summed E-state index contributed by atoms with van der Waals surface area (Å²) in [5.74, 6) is 1.51. The Kier molecular flexibility index (Phi) is 3.42. The van der Waals surface area contributed by atoms with Gasteiger partial charge in [-0.25, -0.2) is 0 Å². The van der Waals surface area contributed by atoms with Gasteiger partial charge in [0.1, 0.15) is 0 Å². The summed E-state index contributed by atoms with van der Waals surface area (Å²) in [6.07, 6.45) is 7.69. The molecule has 0 aromatic rings. The monoisotopic (exact) mass is 149 g/mol. The van der Waals surface area contributed by atoms with Crippen LogP contribution in [0.25, 0.3) is 0 Å². The standard InChI is InChI=1S/C10H15N/c1-2-9-5-6-10(8-9)4-3-7-11/h6,9-10H,1-5,8H2. The molecule has 1 aliphatic carbocycles. The third kappa shape index (κ3) is 2.54. The van der Waals surface area contributed by atoms with Crippen LogP contribution in [-0.4, -0.2) is 0 Å². The van der Waals surface area contributed by atoms with Crippen molar-refractivity contribution in [2.24, 2.45) is 11.8 Å². The molecule has 1 fully saturated rings. The molecule has 0 bridgehead atoms. The van der Waals surface area contributed by atoms with Crippen molar-refractivity contribution in [1.82, 2.24) is 0 Å². The number of hydrogen-bond acceptors (Lipinski definition) is 1. The molecule has 0 aromatic heterocycles. The highest BCUT2D eigenvalue weighted by Crippen LogP contribution is 2.34. The predicted molar refractivity (Wildman–Crippen MR) is 45.3 cm³/mol. The first kappa shape index (κ1) is 8.59. The van der Waals surface area contributed by atoms with Gasteiger partial charge in [-0.05, 0) is 37.5 Å². The molecule has 11 heavy (non-hydrogen) atoms. The largest absolute Gasteiger partial charge is 0.198 e. The van der Waals surface area contributed by atoms with Gasteiger partial charge in [-0.2, -0.15) is 5.26 Å². The van der Waals surface area contributed by atoms with Crippen LogP contribution in [-0.2, 0) is 0 Å². The van der Waals surface area contributed by atoms with Crippen LogP contribution in [0.2, 0.25) is 0 Å². The van der Waals surface area contributed by atoms with Crippen molar-refractivity contribution in [1.29, 1.82) is 5.26 Å². The molecule has 1 heteroatoms. The van der Waals surface area contributed by atoms with E-state index in [-0.39, 0.29) is 0 Å². The van der Waals surface area contributed by atoms with Gasteiger partial charge in [0.25, 0.3) is 0 Å². The lowest BCUT2D eigenvalue weighted by molar-refractivity contribution is 0.486. The molecule has 0 saturated heterocycles. The molecule has 60 valence electrons. The van der Waals surface area contributed by atoms with Crippen LogP contribution in [0.5, 0.6) is 0 Å². The lowest BCUT2D eigenvalue weighted by Gasteiger charge is -2.06. The van der Waals surface area contributed by atoms with Gasteiger partial charge in [-0.3, -0.25) is 0 Å². The molecule has 2 radical (unpaired) electrons. The van der Waals surface area contributed by atoms with E-state index in [2.05, 4.69) is 19.4 Å². The third-order valence-corrected chi connectivity index (χ3v) is 2.47. The molecule has 0 N–H and O–H groups in total. The van der Waals surface area contributed by atoms with Crippen molar-refractivity contribution in [2.45, 2.75) is 32.1 Å². The molecule has 2 atom stereocenters. The van der Waals surface area contributed by atoms with Gasteiger partial charge in [0.15, 0.2) is 0 Å². The molecule has 1 rings (SSSR count). The van der Waals surface area contributed by atoms with Gasteiger partial charge in [-0.1, -0.05) is 13.3 Å². The van der Waals surface area contributed by atoms with Gasteiger partial charge >= 0.3 is 0 Å². The van der Waals surface area contributed by atoms with E-state index >= 15 is 0 Å². The summed E-state index contributed by atoms with van der Waals surface area (Å²) in [6, 6.07) is 2.19. The molecule has 1 saturated carbocycles. The van der Waals surface area contributed by atoms with Crippen LogP contribution in [0.1, 0.15) is 32.1 Å². The van der Waals surface area contributed by atoms with Crippen LogP contribution in [0.15, 0.2) is 0 Å². The van der Waals surface area contributed by atoms with Gasteiger partial charge < -0.3 is 0 Å². The fourth-order valence-corrected chi connectivity index (χ4v) is 1.73. The first-order chi connectivity index (χ1) is 5.36. The Morgan fingerprint density at radius 2 is 2.45 bits per heavy atom. The number of hydrogen-bond donors (Lipinski definition) is 0. The Balaban J connectivity index is 2.15. The number of nitrogens with zero attached hydrogens (tertiary/aromatic N) is 1. The number of rotatable bonds is 3. The highest BCUT2D eigenvalue weighted by molar-refractivity contribution is 4.90. The average Bonchev–Trinajstić information content (AvgIpc) is 2.48. The zero-order valence-electron chi connectivity index (χ0n) is 6.92. The van der Waals surface area contributed by atoms with Gasteiger partial charge in [0.2, 0.25) is 0 Å². The highest BCUT2D eigenvalue weighted by Gasteiger charge is 2.22. The summed E-state index contributed by atoms with van der Waals surface area (Å²) in [5.41, 5.74) is 0. The highest BCUT2D eigenvalue weighted by atomic mass is 14.3. The van der Waals surface area contributed by atoms with Crippen molar-refractivity contribution in [3.63, 3.8) is 0 Å². The molecule has 0 spiro atoms. The van der Waals surface area contributed by atoms with E-state index in [1.165, 1.54) is 12.8 Å². The zero-order valence-corrected chi connectivity index (χ0v) is 6.92. The van der Waals surface area contributed by atoms with E-state index in [1.807, 2.05) is 0 Å². The molecule has 0 aromatic carbocycles. The quantitative estimate of drug-likeness (QED) is 0.605. The van der Waals surface area contributed by atoms with Gasteiger partial charge in [0.05, 0.1) is 6.07 Å². The molecule has 0 heterocycles. The Bertz CT molecular complexity index is 145. The van der Waals surface area contributed by atoms with Crippen LogP contribution in [0.3, 0.4) is 0 Å². The third-order valence-electron chi connectivity index (χ3n) is 2.47. The van der Waals surface area contributed by atoms with Crippen molar-refractivity contribution in [2.75, 3.05) is 0 Å². The first-order valence-electron chi connectivity index (χ1n) is 4.36. The summed E-state index contributed by atoms with van der Waals surface area (Å²) in [7, 11) is 0. The van der Waals surface area contributed by atoms with Crippen molar-refractivity contribution in [3.05, 3.63) is 13.3 Å². The second-order valence-electron chi connectivity index (χ2n) is 3.32. The fraction of sp³-hybridized carbons (Fsp3) is 0.700. The normalized spacial score (nSPS) is 30.2. The van der Waals surface area contributed by atoms with E-state index in [0.29, 0.717) is 12.3 Å². The summed E-state index contributed by atoms with van der Waals surface area (Å²) in [4.78, 5) is 0. The summed E-state index contributed by atoms with van der Waals surface area (Å²) < 4.78 is 0. The Labute approximate surface area is 69.4 Å². The van der Waals surface area contributed by atoms with Crippen molar-refractivity contribution in [3.8, 4) is 6.07 Å². The molecule has 1 aliphatic rings. The van der Waals surface area contributed by atoms with Crippen LogP contribution < -0.4 is 0 Å². The fourth-order valence-electron chi connectivity index (χ4n) is 1.73. The minimum absolute atomic E-state index is 0.710. The topological polar surface area (TPSA) is 23.8 Å². The Hall–Kier alpha value is -0.510. The Morgan fingerprint density at radius 3 is 3.00 bits per heavy atom. The molecule has 0 amide bonds. The lowest BCUT2D eigenvalue weighted by Crippen LogP contribution is -1.95. The number of nitriles is 1. The summed E-state index contributed by atoms with van der Waals surface area (Å²) >= 11 is 0. The maximum absolute atomic E-state index is 8.37. The van der Waals surface area contributed by atoms with Gasteiger partial charge in [0, 0.05) is 6.42 Å². The lowest BCUT2D eigenvalue weighted by atomic mass is 9.99. The van der Waals surface area contributed by atoms with E-state index in [4.69, 9.17) is 5.26 Å². The van der Waals surface area contributed by atoms with Crippen LogP contribution in [0, 0.1) is 36.5 Å². The van der Waals surface area contributed by atoms with Crippen LogP contribution >= 0.6 is 0 Å². The average molecular weight is 149 g/mol. The second-order valence-corrected chi connectivity index (χ2v) is 3.32. The maximum atomic E-state index is 8.37. The summed E-state index contributed by atoms with van der Waals surface area (Å²) in [6.45, 7) is 3.90. The molecule has 2 unspecified atom stereocenters. The minimum atomic E-state index is 0.710. The first-order valence-corrected chi connectivity index (χ1v) is 4.36. The van der Waals surface area contributed by atoms with E-state index < -0.39 is 0 Å². The molecular formula is C10H15N. The minimum Gasteiger partial charge on any atom is -0.198 e. The van der Waals surface area contributed by atoms with E-state index in [1.54, 1.807) is 0 Å².